The Kier molecular flexibility index (Phi) is 4.38. The van der Waals surface area contributed by atoms with Crippen molar-refractivity contribution in [3.8, 4) is 0 Å². The normalized spacial score (nSPS) is 14.7. The Morgan fingerprint density at radius 3 is 2.84 bits per heavy atom. The number of benzene rings is 1. The summed E-state index contributed by atoms with van der Waals surface area (Å²) in [6.45, 7) is 9.64. The van der Waals surface area contributed by atoms with Gasteiger partial charge in [0.15, 0.2) is 0 Å². The van der Waals surface area contributed by atoms with Crippen molar-refractivity contribution >= 4 is 11.6 Å². The smallest absolute Gasteiger partial charge is 0.227 e. The van der Waals surface area contributed by atoms with Crippen LogP contribution in [0.15, 0.2) is 36.4 Å². The van der Waals surface area contributed by atoms with E-state index in [4.69, 9.17) is 0 Å². The lowest BCUT2D eigenvalue weighted by atomic mass is 10.0. The second-order valence-corrected chi connectivity index (χ2v) is 5.39. The highest BCUT2D eigenvalue weighted by molar-refractivity contribution is 5.96. The van der Waals surface area contributed by atoms with Gasteiger partial charge in [-0.2, -0.15) is 0 Å². The van der Waals surface area contributed by atoms with Gasteiger partial charge in [-0.3, -0.25) is 4.79 Å². The molecule has 1 heterocycles. The molecule has 0 fully saturated rings. The van der Waals surface area contributed by atoms with E-state index >= 15 is 0 Å². The summed E-state index contributed by atoms with van der Waals surface area (Å²) in [6, 6.07) is 8.57. The summed E-state index contributed by atoms with van der Waals surface area (Å²) in [7, 11) is 0. The fraction of sp³-hybridized carbons (Fsp3) is 0.438. The SMILES string of the molecule is C=C(CNC(C)C)CN1C(=O)CCc2ccccc21. The van der Waals surface area contributed by atoms with E-state index in [1.54, 1.807) is 0 Å². The molecule has 1 aliphatic heterocycles. The molecule has 1 aromatic carbocycles. The van der Waals surface area contributed by atoms with Gasteiger partial charge in [0, 0.05) is 31.2 Å². The van der Waals surface area contributed by atoms with Crippen molar-refractivity contribution in [2.24, 2.45) is 0 Å². The van der Waals surface area contributed by atoms with Crippen LogP contribution in [0, 0.1) is 0 Å². The topological polar surface area (TPSA) is 32.3 Å². The van der Waals surface area contributed by atoms with E-state index in [0.717, 1.165) is 24.2 Å². The van der Waals surface area contributed by atoms with Crippen molar-refractivity contribution < 1.29 is 4.79 Å². The number of carbonyl (C=O) groups is 1. The maximum absolute atomic E-state index is 12.1. The number of anilines is 1. The predicted octanol–water partition coefficient (Wildman–Crippen LogP) is 2.52. The highest BCUT2D eigenvalue weighted by Crippen LogP contribution is 2.27. The average Bonchev–Trinajstić information content (AvgIpc) is 2.40. The summed E-state index contributed by atoms with van der Waals surface area (Å²) in [4.78, 5) is 14.0. The number of nitrogens with one attached hydrogen (secondary N) is 1. The first kappa shape index (κ1) is 13.8. The Labute approximate surface area is 115 Å². The van der Waals surface area contributed by atoms with Crippen molar-refractivity contribution in [2.75, 3.05) is 18.0 Å². The third-order valence-corrected chi connectivity index (χ3v) is 3.33. The molecular weight excluding hydrogens is 236 g/mol. The number of nitrogens with zero attached hydrogens (tertiary/aromatic N) is 1. The van der Waals surface area contributed by atoms with Crippen LogP contribution in [0.3, 0.4) is 0 Å². The standard InChI is InChI=1S/C16H22N2O/c1-12(2)17-10-13(3)11-18-15-7-5-4-6-14(15)8-9-16(18)19/h4-7,12,17H,3,8-11H2,1-2H3. The molecule has 0 saturated heterocycles. The van der Waals surface area contributed by atoms with Crippen LogP contribution in [0.4, 0.5) is 5.69 Å². The summed E-state index contributed by atoms with van der Waals surface area (Å²) in [5.74, 6) is 0.199. The predicted molar refractivity (Wildman–Crippen MR) is 79.4 cm³/mol. The first-order chi connectivity index (χ1) is 9.08. The molecule has 0 aromatic heterocycles. The summed E-state index contributed by atoms with van der Waals surface area (Å²) in [6.07, 6.45) is 1.45. The van der Waals surface area contributed by atoms with Crippen LogP contribution in [-0.2, 0) is 11.2 Å². The zero-order valence-electron chi connectivity index (χ0n) is 11.8. The van der Waals surface area contributed by atoms with Crippen LogP contribution >= 0.6 is 0 Å². The van der Waals surface area contributed by atoms with Gasteiger partial charge >= 0.3 is 0 Å². The monoisotopic (exact) mass is 258 g/mol. The molecule has 1 amide bonds. The van der Waals surface area contributed by atoms with Crippen LogP contribution in [0.5, 0.6) is 0 Å². The van der Waals surface area contributed by atoms with Crippen molar-refractivity contribution in [3.63, 3.8) is 0 Å². The lowest BCUT2D eigenvalue weighted by Crippen LogP contribution is -2.38. The fourth-order valence-corrected chi connectivity index (χ4v) is 2.30. The second-order valence-electron chi connectivity index (χ2n) is 5.39. The van der Waals surface area contributed by atoms with E-state index < -0.39 is 0 Å². The lowest BCUT2D eigenvalue weighted by molar-refractivity contribution is -0.118. The van der Waals surface area contributed by atoms with Crippen LogP contribution < -0.4 is 10.2 Å². The number of fused-ring (bicyclic) bond motifs is 1. The highest BCUT2D eigenvalue weighted by Gasteiger charge is 2.23. The quantitative estimate of drug-likeness (QED) is 0.823. The minimum atomic E-state index is 0.199. The van der Waals surface area contributed by atoms with E-state index in [9.17, 15) is 4.79 Å². The number of hydrogen-bond acceptors (Lipinski definition) is 2. The Morgan fingerprint density at radius 2 is 2.11 bits per heavy atom. The molecule has 0 aliphatic carbocycles. The summed E-state index contributed by atoms with van der Waals surface area (Å²) >= 11 is 0. The van der Waals surface area contributed by atoms with Gasteiger partial charge in [0.1, 0.15) is 0 Å². The van der Waals surface area contributed by atoms with Gasteiger partial charge < -0.3 is 10.2 Å². The third-order valence-electron chi connectivity index (χ3n) is 3.33. The molecule has 19 heavy (non-hydrogen) atoms. The largest absolute Gasteiger partial charge is 0.311 e. The first-order valence-corrected chi connectivity index (χ1v) is 6.86. The molecule has 3 nitrogen and oxygen atoms in total. The van der Waals surface area contributed by atoms with Gasteiger partial charge in [-0.1, -0.05) is 38.6 Å². The molecule has 1 aromatic rings. The van der Waals surface area contributed by atoms with Gasteiger partial charge in [0.2, 0.25) is 5.91 Å². The zero-order valence-corrected chi connectivity index (χ0v) is 11.8. The van der Waals surface area contributed by atoms with E-state index in [0.29, 0.717) is 19.0 Å². The number of para-hydroxylation sites is 1. The van der Waals surface area contributed by atoms with Gasteiger partial charge in [-0.15, -0.1) is 0 Å². The van der Waals surface area contributed by atoms with E-state index in [1.165, 1.54) is 5.56 Å². The molecule has 0 bridgehead atoms. The van der Waals surface area contributed by atoms with Gasteiger partial charge in [-0.25, -0.2) is 0 Å². The van der Waals surface area contributed by atoms with Crippen molar-refractivity contribution in [3.05, 3.63) is 42.0 Å². The Hall–Kier alpha value is -1.61. The number of carbonyl (C=O) groups excluding carboxylic acids is 1. The molecule has 0 atom stereocenters. The Balaban J connectivity index is 2.07. The minimum Gasteiger partial charge on any atom is -0.311 e. The van der Waals surface area contributed by atoms with Gasteiger partial charge in [0.05, 0.1) is 0 Å². The number of aryl methyl sites for hydroxylation is 1. The van der Waals surface area contributed by atoms with Gasteiger partial charge in [0.25, 0.3) is 0 Å². The molecule has 1 N–H and O–H groups in total. The molecule has 0 saturated carbocycles. The molecule has 0 radical (unpaired) electrons. The summed E-state index contributed by atoms with van der Waals surface area (Å²) < 4.78 is 0. The molecular formula is C16H22N2O. The maximum Gasteiger partial charge on any atom is 0.227 e. The van der Waals surface area contributed by atoms with E-state index in [1.807, 2.05) is 23.1 Å². The van der Waals surface area contributed by atoms with Crippen LogP contribution in [0.2, 0.25) is 0 Å². The highest BCUT2D eigenvalue weighted by atomic mass is 16.2. The lowest BCUT2D eigenvalue weighted by Gasteiger charge is -2.30. The maximum atomic E-state index is 12.1. The Morgan fingerprint density at radius 1 is 1.37 bits per heavy atom. The van der Waals surface area contributed by atoms with Crippen LogP contribution in [0.1, 0.15) is 25.8 Å². The summed E-state index contributed by atoms with van der Waals surface area (Å²) in [5, 5.41) is 3.34. The number of hydrogen-bond donors (Lipinski definition) is 1. The van der Waals surface area contributed by atoms with E-state index in [-0.39, 0.29) is 5.91 Å². The van der Waals surface area contributed by atoms with Gasteiger partial charge in [-0.05, 0) is 23.6 Å². The Bertz CT molecular complexity index is 479. The molecule has 3 heteroatoms. The van der Waals surface area contributed by atoms with Crippen LogP contribution in [0.25, 0.3) is 0 Å². The molecule has 2 rings (SSSR count). The van der Waals surface area contributed by atoms with E-state index in [2.05, 4.69) is 31.8 Å². The molecule has 0 unspecified atom stereocenters. The molecule has 102 valence electrons. The van der Waals surface area contributed by atoms with Crippen molar-refractivity contribution in [2.45, 2.75) is 32.7 Å². The third kappa shape index (κ3) is 3.44. The average molecular weight is 258 g/mol. The zero-order chi connectivity index (χ0) is 13.8. The number of amides is 1. The second kappa shape index (κ2) is 6.02. The van der Waals surface area contributed by atoms with Crippen molar-refractivity contribution in [1.82, 2.24) is 5.32 Å². The summed E-state index contributed by atoms with van der Waals surface area (Å²) in [5.41, 5.74) is 3.34. The fourth-order valence-electron chi connectivity index (χ4n) is 2.30. The minimum absolute atomic E-state index is 0.199. The van der Waals surface area contributed by atoms with Crippen molar-refractivity contribution in [1.29, 1.82) is 0 Å². The molecule has 1 aliphatic rings. The van der Waals surface area contributed by atoms with Crippen LogP contribution in [-0.4, -0.2) is 25.0 Å². The number of rotatable bonds is 5. The first-order valence-electron chi connectivity index (χ1n) is 6.86. The molecule has 0 spiro atoms.